The summed E-state index contributed by atoms with van der Waals surface area (Å²) in [6, 6.07) is 11.8. The molecule has 2 aliphatic rings. The van der Waals surface area contributed by atoms with Crippen LogP contribution in [0.15, 0.2) is 40.9 Å². The number of fused-ring (bicyclic) bond motifs is 3. The summed E-state index contributed by atoms with van der Waals surface area (Å²) < 4.78 is 19.8. The van der Waals surface area contributed by atoms with Crippen LogP contribution in [0.4, 0.5) is 15.8 Å². The van der Waals surface area contributed by atoms with E-state index in [9.17, 15) is 4.39 Å². The Morgan fingerprint density at radius 3 is 2.91 bits per heavy atom. The van der Waals surface area contributed by atoms with Crippen molar-refractivity contribution in [2.45, 2.75) is 25.0 Å². The van der Waals surface area contributed by atoms with E-state index in [-0.39, 0.29) is 18.0 Å². The Labute approximate surface area is 137 Å². The first kappa shape index (κ1) is 13.9. The summed E-state index contributed by atoms with van der Waals surface area (Å²) in [4.78, 5) is 2.34. The summed E-state index contributed by atoms with van der Waals surface area (Å²) in [5, 5.41) is 3.43. The number of rotatable bonds is 2. The van der Waals surface area contributed by atoms with Crippen LogP contribution in [0.1, 0.15) is 24.4 Å². The molecule has 0 aliphatic carbocycles. The van der Waals surface area contributed by atoms with Gasteiger partial charge in [0.15, 0.2) is 0 Å². The molecule has 1 unspecified atom stereocenters. The summed E-state index contributed by atoms with van der Waals surface area (Å²) in [5.41, 5.74) is 3.10. The van der Waals surface area contributed by atoms with Gasteiger partial charge >= 0.3 is 0 Å². The molecule has 2 aromatic carbocycles. The van der Waals surface area contributed by atoms with Gasteiger partial charge in [-0.1, -0.05) is 18.2 Å². The van der Waals surface area contributed by atoms with Gasteiger partial charge in [-0.05, 0) is 40.9 Å². The van der Waals surface area contributed by atoms with Crippen molar-refractivity contribution < 1.29 is 9.13 Å². The number of benzene rings is 2. The summed E-state index contributed by atoms with van der Waals surface area (Å²) >= 11 is 3.30. The number of hydrogen-bond donors (Lipinski definition) is 1. The van der Waals surface area contributed by atoms with Gasteiger partial charge in [-0.25, -0.2) is 4.39 Å². The Hall–Kier alpha value is -1.75. The average Bonchev–Trinajstić information content (AvgIpc) is 3.07. The zero-order chi connectivity index (χ0) is 15.3. The van der Waals surface area contributed by atoms with E-state index in [0.29, 0.717) is 4.47 Å². The fourth-order valence-corrected chi connectivity index (χ4v) is 3.91. The molecular formula is C17H16BrFN2O. The lowest BCUT2D eigenvalue weighted by Gasteiger charge is -2.28. The van der Waals surface area contributed by atoms with E-state index in [4.69, 9.17) is 4.74 Å². The molecule has 0 amide bonds. The van der Waals surface area contributed by atoms with Crippen molar-refractivity contribution in [1.82, 2.24) is 0 Å². The monoisotopic (exact) mass is 362 g/mol. The smallest absolute Gasteiger partial charge is 0.139 e. The molecule has 4 rings (SSSR count). The molecule has 5 heteroatoms. The van der Waals surface area contributed by atoms with Crippen LogP contribution in [0.3, 0.4) is 0 Å². The van der Waals surface area contributed by atoms with Gasteiger partial charge in [0.25, 0.3) is 0 Å². The lowest BCUT2D eigenvalue weighted by Crippen LogP contribution is -2.31. The van der Waals surface area contributed by atoms with E-state index < -0.39 is 0 Å². The molecular weight excluding hydrogens is 347 g/mol. The fourth-order valence-electron chi connectivity index (χ4n) is 3.58. The van der Waals surface area contributed by atoms with Crippen molar-refractivity contribution in [2.24, 2.45) is 0 Å². The molecule has 1 saturated heterocycles. The van der Waals surface area contributed by atoms with Crippen molar-refractivity contribution in [1.29, 1.82) is 0 Å². The summed E-state index contributed by atoms with van der Waals surface area (Å²) in [6.45, 7) is 0. The van der Waals surface area contributed by atoms with Crippen LogP contribution in [0, 0.1) is 5.82 Å². The Morgan fingerprint density at radius 2 is 2.09 bits per heavy atom. The highest BCUT2D eigenvalue weighted by Crippen LogP contribution is 2.50. The van der Waals surface area contributed by atoms with Crippen molar-refractivity contribution >= 4 is 27.3 Å². The topological polar surface area (TPSA) is 24.5 Å². The Kier molecular flexibility index (Phi) is 3.26. The number of ether oxygens (including phenoxy) is 1. The molecule has 0 spiro atoms. The highest BCUT2D eigenvalue weighted by atomic mass is 79.9. The second-order valence-electron chi connectivity index (χ2n) is 5.69. The molecule has 3 nitrogen and oxygen atoms in total. The highest BCUT2D eigenvalue weighted by molar-refractivity contribution is 9.10. The number of nitrogens with zero attached hydrogens (tertiary/aromatic N) is 1. The van der Waals surface area contributed by atoms with E-state index in [0.717, 1.165) is 30.0 Å². The molecule has 114 valence electrons. The molecule has 0 saturated carbocycles. The largest absolute Gasteiger partial charge is 0.496 e. The summed E-state index contributed by atoms with van der Waals surface area (Å²) in [6.07, 6.45) is 2.29. The molecule has 0 bridgehead atoms. The van der Waals surface area contributed by atoms with Crippen LogP contribution in [-0.4, -0.2) is 13.3 Å². The van der Waals surface area contributed by atoms with Gasteiger partial charge in [0.1, 0.15) is 11.6 Å². The van der Waals surface area contributed by atoms with Crippen molar-refractivity contribution in [3.8, 4) is 5.75 Å². The number of nitrogens with one attached hydrogen (secondary N) is 1. The van der Waals surface area contributed by atoms with Crippen LogP contribution >= 0.6 is 15.9 Å². The Bertz CT molecular complexity index is 737. The second kappa shape index (κ2) is 5.16. The third kappa shape index (κ3) is 1.99. The Morgan fingerprint density at radius 1 is 1.27 bits per heavy atom. The van der Waals surface area contributed by atoms with E-state index >= 15 is 0 Å². The van der Waals surface area contributed by atoms with Gasteiger partial charge in [-0.2, -0.15) is 0 Å². The SMILES string of the molecule is COc1ccccc1[C@H]1CCC2Nc3cc(F)c(Br)cc3N21. The van der Waals surface area contributed by atoms with Crippen LogP contribution in [-0.2, 0) is 0 Å². The van der Waals surface area contributed by atoms with Gasteiger partial charge in [0.2, 0.25) is 0 Å². The predicted octanol–water partition coefficient (Wildman–Crippen LogP) is 4.69. The van der Waals surface area contributed by atoms with Gasteiger partial charge in [0.05, 0.1) is 35.2 Å². The maximum Gasteiger partial charge on any atom is 0.139 e. The van der Waals surface area contributed by atoms with Gasteiger partial charge in [-0.3, -0.25) is 0 Å². The summed E-state index contributed by atoms with van der Waals surface area (Å²) in [5.74, 6) is 0.670. The highest BCUT2D eigenvalue weighted by Gasteiger charge is 2.41. The lowest BCUT2D eigenvalue weighted by atomic mass is 10.0. The van der Waals surface area contributed by atoms with Crippen molar-refractivity contribution in [3.05, 3.63) is 52.3 Å². The lowest BCUT2D eigenvalue weighted by molar-refractivity contribution is 0.405. The molecule has 2 heterocycles. The molecule has 2 aliphatic heterocycles. The zero-order valence-corrected chi connectivity index (χ0v) is 13.7. The fraction of sp³-hybridized carbons (Fsp3) is 0.294. The minimum Gasteiger partial charge on any atom is -0.496 e. The zero-order valence-electron chi connectivity index (χ0n) is 12.1. The number of methoxy groups -OCH3 is 1. The molecule has 2 aromatic rings. The van der Waals surface area contributed by atoms with Crippen LogP contribution in [0.2, 0.25) is 0 Å². The normalized spacial score (nSPS) is 22.2. The van der Waals surface area contributed by atoms with Gasteiger partial charge < -0.3 is 15.0 Å². The molecule has 2 atom stereocenters. The van der Waals surface area contributed by atoms with Crippen LogP contribution in [0.25, 0.3) is 0 Å². The van der Waals surface area contributed by atoms with E-state index in [1.54, 1.807) is 13.2 Å². The molecule has 0 radical (unpaired) electrons. The maximum absolute atomic E-state index is 13.8. The number of para-hydroxylation sites is 1. The molecule has 22 heavy (non-hydrogen) atoms. The van der Waals surface area contributed by atoms with Crippen LogP contribution < -0.4 is 15.0 Å². The minimum absolute atomic E-state index is 0.221. The first-order valence-corrected chi connectivity index (χ1v) is 8.15. The first-order valence-electron chi connectivity index (χ1n) is 7.36. The van der Waals surface area contributed by atoms with Crippen LogP contribution in [0.5, 0.6) is 5.75 Å². The first-order chi connectivity index (χ1) is 10.7. The summed E-state index contributed by atoms with van der Waals surface area (Å²) in [7, 11) is 1.70. The van der Waals surface area contributed by atoms with Crippen molar-refractivity contribution in [3.63, 3.8) is 0 Å². The van der Waals surface area contributed by atoms with Gasteiger partial charge in [-0.15, -0.1) is 0 Å². The van der Waals surface area contributed by atoms with E-state index in [1.807, 2.05) is 24.3 Å². The quantitative estimate of drug-likeness (QED) is 0.838. The number of anilines is 2. The third-order valence-corrected chi connectivity index (χ3v) is 5.13. The van der Waals surface area contributed by atoms with Gasteiger partial charge in [0, 0.05) is 11.6 Å². The third-order valence-electron chi connectivity index (χ3n) is 4.52. The van der Waals surface area contributed by atoms with E-state index in [2.05, 4.69) is 32.2 Å². The molecule has 1 N–H and O–H groups in total. The van der Waals surface area contributed by atoms with Crippen molar-refractivity contribution in [2.75, 3.05) is 17.3 Å². The Balaban J connectivity index is 1.79. The molecule has 1 fully saturated rings. The standard InChI is InChI=1S/C17H16BrFN2O/c1-22-16-5-3-2-4-10(16)14-6-7-17-20-13-9-12(19)11(18)8-15(13)21(14)17/h2-5,8-9,14,17,20H,6-7H2,1H3/t14-,17?/m1/s1. The maximum atomic E-state index is 13.8. The molecule has 0 aromatic heterocycles. The van der Waals surface area contributed by atoms with E-state index in [1.165, 1.54) is 5.56 Å². The average molecular weight is 363 g/mol. The second-order valence-corrected chi connectivity index (χ2v) is 6.54. The predicted molar refractivity (Wildman–Crippen MR) is 89.0 cm³/mol. The number of halogens is 2. The minimum atomic E-state index is -0.235. The number of hydrogen-bond acceptors (Lipinski definition) is 3.